The number of nitrogens with two attached hydrogens (primary N) is 1. The van der Waals surface area contributed by atoms with Crippen molar-refractivity contribution in [1.29, 1.82) is 0 Å². The predicted molar refractivity (Wildman–Crippen MR) is 62.1 cm³/mol. The second-order valence-corrected chi connectivity index (χ2v) is 3.75. The van der Waals surface area contributed by atoms with E-state index in [1.165, 1.54) is 17.1 Å². The van der Waals surface area contributed by atoms with Gasteiger partial charge in [-0.2, -0.15) is 0 Å². The van der Waals surface area contributed by atoms with Crippen molar-refractivity contribution in [3.05, 3.63) is 35.3 Å². The smallest absolute Gasteiger partial charge is 0.137 e. The summed E-state index contributed by atoms with van der Waals surface area (Å²) in [4.78, 5) is 4.60. The van der Waals surface area contributed by atoms with Crippen LogP contribution in [-0.4, -0.2) is 15.9 Å². The standard InChI is InChI=1S/C12H17N3/c1-3-11-9(2)15-10(7-8-13)5-4-6-12(15)14-11/h4-6H,3,7-8,13H2,1-2H3. The van der Waals surface area contributed by atoms with E-state index in [1.807, 2.05) is 12.1 Å². The average Bonchev–Trinajstić information content (AvgIpc) is 2.57. The van der Waals surface area contributed by atoms with Crippen LogP contribution in [0.4, 0.5) is 0 Å². The van der Waals surface area contributed by atoms with Gasteiger partial charge in [-0.3, -0.25) is 0 Å². The average molecular weight is 203 g/mol. The van der Waals surface area contributed by atoms with Crippen molar-refractivity contribution < 1.29 is 0 Å². The zero-order valence-electron chi connectivity index (χ0n) is 9.33. The molecular formula is C12H17N3. The molecule has 0 bridgehead atoms. The summed E-state index contributed by atoms with van der Waals surface area (Å²) in [6.07, 6.45) is 1.88. The minimum atomic E-state index is 0.679. The Morgan fingerprint density at radius 3 is 2.87 bits per heavy atom. The zero-order chi connectivity index (χ0) is 10.8. The van der Waals surface area contributed by atoms with Crippen molar-refractivity contribution >= 4 is 5.65 Å². The summed E-state index contributed by atoms with van der Waals surface area (Å²) >= 11 is 0. The molecule has 2 aromatic heterocycles. The number of pyridine rings is 1. The fourth-order valence-electron chi connectivity index (χ4n) is 2.04. The van der Waals surface area contributed by atoms with Gasteiger partial charge in [0.25, 0.3) is 0 Å². The Balaban J connectivity index is 2.67. The van der Waals surface area contributed by atoms with Gasteiger partial charge in [0.05, 0.1) is 5.69 Å². The molecule has 0 unspecified atom stereocenters. The number of hydrogen-bond acceptors (Lipinski definition) is 2. The highest BCUT2D eigenvalue weighted by Crippen LogP contribution is 2.15. The van der Waals surface area contributed by atoms with Crippen LogP contribution >= 0.6 is 0 Å². The van der Waals surface area contributed by atoms with Gasteiger partial charge in [-0.15, -0.1) is 0 Å². The van der Waals surface area contributed by atoms with Gasteiger partial charge in [0.1, 0.15) is 5.65 Å². The number of aryl methyl sites for hydroxylation is 2. The summed E-state index contributed by atoms with van der Waals surface area (Å²) in [5.74, 6) is 0. The summed E-state index contributed by atoms with van der Waals surface area (Å²) in [6, 6.07) is 6.21. The van der Waals surface area contributed by atoms with E-state index in [1.54, 1.807) is 0 Å². The largest absolute Gasteiger partial charge is 0.330 e. The highest BCUT2D eigenvalue weighted by atomic mass is 15.0. The third-order valence-corrected chi connectivity index (χ3v) is 2.79. The molecule has 2 rings (SSSR count). The summed E-state index contributed by atoms with van der Waals surface area (Å²) < 4.78 is 2.21. The number of fused-ring (bicyclic) bond motifs is 1. The summed E-state index contributed by atoms with van der Waals surface area (Å²) in [5, 5.41) is 0. The minimum Gasteiger partial charge on any atom is -0.330 e. The Hall–Kier alpha value is -1.35. The molecule has 0 aliphatic heterocycles. The number of hydrogen-bond donors (Lipinski definition) is 1. The molecule has 15 heavy (non-hydrogen) atoms. The van der Waals surface area contributed by atoms with E-state index in [0.29, 0.717) is 6.54 Å². The number of nitrogens with zero attached hydrogens (tertiary/aromatic N) is 2. The maximum Gasteiger partial charge on any atom is 0.137 e. The first-order valence-corrected chi connectivity index (χ1v) is 5.43. The predicted octanol–water partition coefficient (Wildman–Crippen LogP) is 1.71. The minimum absolute atomic E-state index is 0.679. The second kappa shape index (κ2) is 4.03. The number of aromatic nitrogens is 2. The molecule has 2 N–H and O–H groups in total. The van der Waals surface area contributed by atoms with Gasteiger partial charge in [0.2, 0.25) is 0 Å². The Bertz CT molecular complexity index is 471. The van der Waals surface area contributed by atoms with Gasteiger partial charge in [-0.05, 0) is 32.0 Å². The fraction of sp³-hybridized carbons (Fsp3) is 0.417. The van der Waals surface area contributed by atoms with Crippen LogP contribution in [0.15, 0.2) is 18.2 Å². The molecule has 0 fully saturated rings. The normalized spacial score (nSPS) is 11.1. The number of imidazole rings is 1. The zero-order valence-corrected chi connectivity index (χ0v) is 9.33. The van der Waals surface area contributed by atoms with E-state index in [2.05, 4.69) is 29.3 Å². The Morgan fingerprint density at radius 1 is 1.40 bits per heavy atom. The molecule has 0 spiro atoms. The molecule has 0 aromatic carbocycles. The van der Waals surface area contributed by atoms with Crippen LogP contribution in [0, 0.1) is 6.92 Å². The van der Waals surface area contributed by atoms with Crippen LogP contribution in [0.5, 0.6) is 0 Å². The van der Waals surface area contributed by atoms with Crippen molar-refractivity contribution in [2.45, 2.75) is 26.7 Å². The molecule has 0 aliphatic rings. The van der Waals surface area contributed by atoms with Crippen molar-refractivity contribution in [3.63, 3.8) is 0 Å². The lowest BCUT2D eigenvalue weighted by atomic mass is 10.2. The second-order valence-electron chi connectivity index (χ2n) is 3.75. The van der Waals surface area contributed by atoms with Crippen molar-refractivity contribution in [1.82, 2.24) is 9.38 Å². The summed E-state index contributed by atoms with van der Waals surface area (Å²) in [6.45, 7) is 4.94. The molecule has 80 valence electrons. The van der Waals surface area contributed by atoms with Crippen LogP contribution in [-0.2, 0) is 12.8 Å². The Morgan fingerprint density at radius 2 is 2.20 bits per heavy atom. The fourth-order valence-corrected chi connectivity index (χ4v) is 2.04. The molecule has 0 aliphatic carbocycles. The molecule has 2 heterocycles. The molecule has 2 aromatic rings. The van der Waals surface area contributed by atoms with Gasteiger partial charge >= 0.3 is 0 Å². The van der Waals surface area contributed by atoms with Crippen molar-refractivity contribution in [3.8, 4) is 0 Å². The van der Waals surface area contributed by atoms with Gasteiger partial charge in [0, 0.05) is 17.8 Å². The monoisotopic (exact) mass is 203 g/mol. The third kappa shape index (κ3) is 1.63. The molecule has 0 atom stereocenters. The van der Waals surface area contributed by atoms with E-state index >= 15 is 0 Å². The lowest BCUT2D eigenvalue weighted by Crippen LogP contribution is -2.07. The van der Waals surface area contributed by atoms with Gasteiger partial charge in [0.15, 0.2) is 0 Å². The Labute approximate surface area is 89.9 Å². The topological polar surface area (TPSA) is 43.3 Å². The molecule has 0 saturated carbocycles. The van der Waals surface area contributed by atoms with Gasteiger partial charge in [-0.1, -0.05) is 13.0 Å². The van der Waals surface area contributed by atoms with Crippen LogP contribution in [0.25, 0.3) is 5.65 Å². The van der Waals surface area contributed by atoms with E-state index < -0.39 is 0 Å². The van der Waals surface area contributed by atoms with E-state index in [-0.39, 0.29) is 0 Å². The molecule has 3 nitrogen and oxygen atoms in total. The molecule has 3 heteroatoms. The maximum absolute atomic E-state index is 5.61. The van der Waals surface area contributed by atoms with Crippen molar-refractivity contribution in [2.24, 2.45) is 5.73 Å². The lowest BCUT2D eigenvalue weighted by Gasteiger charge is -2.05. The summed E-state index contributed by atoms with van der Waals surface area (Å²) in [7, 11) is 0. The SMILES string of the molecule is CCc1nc2cccc(CCN)n2c1C. The first-order valence-electron chi connectivity index (χ1n) is 5.43. The van der Waals surface area contributed by atoms with Crippen LogP contribution < -0.4 is 5.73 Å². The quantitative estimate of drug-likeness (QED) is 0.825. The molecular weight excluding hydrogens is 186 g/mol. The number of rotatable bonds is 3. The summed E-state index contributed by atoms with van der Waals surface area (Å²) in [5.41, 5.74) is 10.3. The van der Waals surface area contributed by atoms with Crippen molar-refractivity contribution in [2.75, 3.05) is 6.54 Å². The first kappa shape index (κ1) is 10.2. The van der Waals surface area contributed by atoms with E-state index in [4.69, 9.17) is 5.73 Å². The Kier molecular flexibility index (Phi) is 2.73. The third-order valence-electron chi connectivity index (χ3n) is 2.79. The van der Waals surface area contributed by atoms with Crippen LogP contribution in [0.1, 0.15) is 24.0 Å². The van der Waals surface area contributed by atoms with Gasteiger partial charge in [-0.25, -0.2) is 4.98 Å². The van der Waals surface area contributed by atoms with Gasteiger partial charge < -0.3 is 10.1 Å². The molecule has 0 radical (unpaired) electrons. The van der Waals surface area contributed by atoms with Crippen LogP contribution in [0.2, 0.25) is 0 Å². The molecule has 0 amide bonds. The van der Waals surface area contributed by atoms with E-state index in [9.17, 15) is 0 Å². The highest BCUT2D eigenvalue weighted by Gasteiger charge is 2.08. The highest BCUT2D eigenvalue weighted by molar-refractivity contribution is 5.45. The molecule has 0 saturated heterocycles. The maximum atomic E-state index is 5.61. The lowest BCUT2D eigenvalue weighted by molar-refractivity contribution is 0.878. The first-order chi connectivity index (χ1) is 7.27. The van der Waals surface area contributed by atoms with Crippen LogP contribution in [0.3, 0.4) is 0 Å². The van der Waals surface area contributed by atoms with E-state index in [0.717, 1.165) is 18.5 Å².